The predicted octanol–water partition coefficient (Wildman–Crippen LogP) is 7.72. The molecule has 4 aromatic carbocycles. The van der Waals surface area contributed by atoms with Crippen molar-refractivity contribution in [3.05, 3.63) is 112 Å². The number of benzene rings is 4. The van der Waals surface area contributed by atoms with Crippen LogP contribution in [0.2, 0.25) is 5.02 Å². The quantitative estimate of drug-likeness (QED) is 0.195. The highest BCUT2D eigenvalue weighted by molar-refractivity contribution is 9.10. The Hall–Kier alpha value is -3.35. The molecule has 41 heavy (non-hydrogen) atoms. The van der Waals surface area contributed by atoms with Crippen LogP contribution >= 0.6 is 27.5 Å². The SMILES string of the molecule is O=C(NC1CCCCC1)[C@@H](Cc1ccccc1)N(Cc1cccc(Cl)c1)C(=O)COc1ccc2ccccc2c1Br. The summed E-state index contributed by atoms with van der Waals surface area (Å²) in [6.07, 6.45) is 5.73. The van der Waals surface area contributed by atoms with E-state index in [4.69, 9.17) is 16.3 Å². The molecule has 1 fully saturated rings. The average Bonchev–Trinajstić information content (AvgIpc) is 2.99. The molecule has 0 spiro atoms. The fourth-order valence-electron chi connectivity index (χ4n) is 5.48. The molecule has 1 atom stereocenters. The molecule has 7 heteroatoms. The Balaban J connectivity index is 1.43. The van der Waals surface area contributed by atoms with E-state index in [0.29, 0.717) is 17.2 Å². The van der Waals surface area contributed by atoms with E-state index < -0.39 is 6.04 Å². The zero-order chi connectivity index (χ0) is 28.6. The van der Waals surface area contributed by atoms with Crippen LogP contribution < -0.4 is 10.1 Å². The summed E-state index contributed by atoms with van der Waals surface area (Å²) >= 11 is 9.96. The fraction of sp³-hybridized carbons (Fsp3) is 0.294. The summed E-state index contributed by atoms with van der Waals surface area (Å²) in [5, 5.41) is 5.92. The molecule has 5 nitrogen and oxygen atoms in total. The van der Waals surface area contributed by atoms with Crippen molar-refractivity contribution in [3.8, 4) is 5.75 Å². The molecule has 1 N–H and O–H groups in total. The number of nitrogens with one attached hydrogen (secondary N) is 1. The molecule has 0 radical (unpaired) electrons. The minimum Gasteiger partial charge on any atom is -0.483 e. The number of hydrogen-bond donors (Lipinski definition) is 1. The molecule has 0 bridgehead atoms. The molecular weight excluding hydrogens is 600 g/mol. The van der Waals surface area contributed by atoms with E-state index in [1.54, 1.807) is 11.0 Å². The van der Waals surface area contributed by atoms with Crippen molar-refractivity contribution in [2.45, 2.75) is 57.2 Å². The lowest BCUT2D eigenvalue weighted by Crippen LogP contribution is -2.53. The maximum absolute atomic E-state index is 14.0. The van der Waals surface area contributed by atoms with Gasteiger partial charge in [0.25, 0.3) is 5.91 Å². The summed E-state index contributed by atoms with van der Waals surface area (Å²) in [5.41, 5.74) is 1.83. The van der Waals surface area contributed by atoms with Crippen LogP contribution in [-0.2, 0) is 22.6 Å². The van der Waals surface area contributed by atoms with Crippen LogP contribution in [-0.4, -0.2) is 35.4 Å². The first-order valence-electron chi connectivity index (χ1n) is 14.2. The Morgan fingerprint density at radius 2 is 1.63 bits per heavy atom. The topological polar surface area (TPSA) is 58.6 Å². The molecule has 5 rings (SSSR count). The molecule has 0 aliphatic heterocycles. The van der Waals surface area contributed by atoms with Crippen molar-refractivity contribution in [2.24, 2.45) is 0 Å². The Morgan fingerprint density at radius 3 is 2.41 bits per heavy atom. The van der Waals surface area contributed by atoms with E-state index in [9.17, 15) is 9.59 Å². The van der Waals surface area contributed by atoms with E-state index in [1.807, 2.05) is 84.9 Å². The molecule has 1 saturated carbocycles. The summed E-state index contributed by atoms with van der Waals surface area (Å²) in [7, 11) is 0. The standard InChI is InChI=1S/C34H34BrClN2O3/c35-33-29-17-8-7-13-26(29)18-19-31(33)41-23-32(39)38(22-25-12-9-14-27(36)20-25)30(21-24-10-3-1-4-11-24)34(40)37-28-15-5-2-6-16-28/h1,3-4,7-14,17-20,28,30H,2,5-6,15-16,21-23H2,(H,37,40)/t30-/m1/s1. The Bertz CT molecular complexity index is 1490. The molecule has 1 aliphatic rings. The highest BCUT2D eigenvalue weighted by Crippen LogP contribution is 2.33. The van der Waals surface area contributed by atoms with Crippen LogP contribution in [0.25, 0.3) is 10.8 Å². The van der Waals surface area contributed by atoms with Crippen LogP contribution in [0.15, 0.2) is 95.5 Å². The van der Waals surface area contributed by atoms with Crippen LogP contribution in [0.5, 0.6) is 5.75 Å². The van der Waals surface area contributed by atoms with Gasteiger partial charge < -0.3 is 15.0 Å². The first-order valence-corrected chi connectivity index (χ1v) is 15.3. The summed E-state index contributed by atoms with van der Waals surface area (Å²) in [5.74, 6) is 0.166. The lowest BCUT2D eigenvalue weighted by atomic mass is 9.94. The van der Waals surface area contributed by atoms with Gasteiger partial charge in [-0.25, -0.2) is 0 Å². The van der Waals surface area contributed by atoms with Gasteiger partial charge in [-0.1, -0.05) is 104 Å². The largest absolute Gasteiger partial charge is 0.483 e. The highest BCUT2D eigenvalue weighted by atomic mass is 79.9. The summed E-state index contributed by atoms with van der Waals surface area (Å²) in [4.78, 5) is 29.5. The van der Waals surface area contributed by atoms with Gasteiger partial charge in [-0.15, -0.1) is 0 Å². The average molecular weight is 634 g/mol. The maximum Gasteiger partial charge on any atom is 0.261 e. The summed E-state index contributed by atoms with van der Waals surface area (Å²) in [6.45, 7) is 0.0245. The van der Waals surface area contributed by atoms with Gasteiger partial charge in [0.15, 0.2) is 6.61 Å². The fourth-order valence-corrected chi connectivity index (χ4v) is 6.30. The molecule has 0 unspecified atom stereocenters. The molecule has 0 aromatic heterocycles. The smallest absolute Gasteiger partial charge is 0.261 e. The van der Waals surface area contributed by atoms with Gasteiger partial charge in [-0.05, 0) is 68.9 Å². The number of carbonyl (C=O) groups is 2. The molecule has 0 saturated heterocycles. The molecule has 1 aliphatic carbocycles. The van der Waals surface area contributed by atoms with E-state index in [0.717, 1.165) is 52.1 Å². The number of halogens is 2. The van der Waals surface area contributed by atoms with Gasteiger partial charge in [0, 0.05) is 24.0 Å². The Labute approximate surface area is 255 Å². The van der Waals surface area contributed by atoms with E-state index in [2.05, 4.69) is 21.2 Å². The van der Waals surface area contributed by atoms with Crippen LogP contribution in [0.3, 0.4) is 0 Å². The van der Waals surface area contributed by atoms with E-state index >= 15 is 0 Å². The molecule has 212 valence electrons. The first kappa shape index (κ1) is 29.2. The molecule has 4 aromatic rings. The van der Waals surface area contributed by atoms with Gasteiger partial charge in [0.05, 0.1) is 4.47 Å². The van der Waals surface area contributed by atoms with Crippen molar-refractivity contribution in [3.63, 3.8) is 0 Å². The zero-order valence-electron chi connectivity index (χ0n) is 22.9. The monoisotopic (exact) mass is 632 g/mol. The van der Waals surface area contributed by atoms with E-state index in [1.165, 1.54) is 6.42 Å². The van der Waals surface area contributed by atoms with Crippen LogP contribution in [0, 0.1) is 0 Å². The third kappa shape index (κ3) is 7.69. The number of ether oxygens (including phenoxy) is 1. The van der Waals surface area contributed by atoms with Crippen molar-refractivity contribution in [2.75, 3.05) is 6.61 Å². The molecule has 0 heterocycles. The van der Waals surface area contributed by atoms with Gasteiger partial charge in [-0.2, -0.15) is 0 Å². The Morgan fingerprint density at radius 1 is 0.902 bits per heavy atom. The number of hydrogen-bond acceptors (Lipinski definition) is 3. The summed E-state index contributed by atoms with van der Waals surface area (Å²) < 4.78 is 6.88. The second-order valence-corrected chi connectivity index (χ2v) is 11.8. The van der Waals surface area contributed by atoms with Gasteiger partial charge in [0.2, 0.25) is 5.91 Å². The number of nitrogens with zero attached hydrogens (tertiary/aromatic N) is 1. The minimum absolute atomic E-state index is 0.127. The van der Waals surface area contributed by atoms with Crippen molar-refractivity contribution >= 4 is 50.1 Å². The van der Waals surface area contributed by atoms with Crippen molar-refractivity contribution in [1.82, 2.24) is 10.2 Å². The second-order valence-electron chi connectivity index (χ2n) is 10.6. The number of carbonyl (C=O) groups excluding carboxylic acids is 2. The first-order chi connectivity index (χ1) is 20.0. The molecule has 2 amide bonds. The summed E-state index contributed by atoms with van der Waals surface area (Å²) in [6, 6.07) is 28.5. The third-order valence-corrected chi connectivity index (χ3v) is 8.70. The van der Waals surface area contributed by atoms with Crippen LogP contribution in [0.4, 0.5) is 0 Å². The normalized spacial score (nSPS) is 14.4. The van der Waals surface area contributed by atoms with Crippen molar-refractivity contribution in [1.29, 1.82) is 0 Å². The molecular formula is C34H34BrClN2O3. The lowest BCUT2D eigenvalue weighted by Gasteiger charge is -2.33. The van der Waals surface area contributed by atoms with E-state index in [-0.39, 0.29) is 31.0 Å². The Kier molecular flexibility index (Phi) is 9.97. The third-order valence-electron chi connectivity index (χ3n) is 7.64. The number of fused-ring (bicyclic) bond motifs is 1. The predicted molar refractivity (Wildman–Crippen MR) is 168 cm³/mol. The lowest BCUT2D eigenvalue weighted by molar-refractivity contribution is -0.143. The van der Waals surface area contributed by atoms with Gasteiger partial charge in [0.1, 0.15) is 11.8 Å². The minimum atomic E-state index is -0.713. The highest BCUT2D eigenvalue weighted by Gasteiger charge is 2.32. The van der Waals surface area contributed by atoms with Crippen LogP contribution in [0.1, 0.15) is 43.2 Å². The van der Waals surface area contributed by atoms with Gasteiger partial charge >= 0.3 is 0 Å². The zero-order valence-corrected chi connectivity index (χ0v) is 25.2. The second kappa shape index (κ2) is 14.0. The number of rotatable bonds is 10. The van der Waals surface area contributed by atoms with Gasteiger partial charge in [-0.3, -0.25) is 9.59 Å². The number of amides is 2. The van der Waals surface area contributed by atoms with Crippen molar-refractivity contribution < 1.29 is 14.3 Å². The maximum atomic E-state index is 14.0.